The number of esters is 1. The normalized spacial score (nSPS) is 15.1. The van der Waals surface area contributed by atoms with Crippen molar-refractivity contribution in [2.75, 3.05) is 20.8 Å². The first-order chi connectivity index (χ1) is 23.4. The maximum atomic E-state index is 14.2. The highest BCUT2D eigenvalue weighted by atomic mass is 31.2. The van der Waals surface area contributed by atoms with Crippen LogP contribution in [0, 0.1) is 0 Å². The average molecular weight is 677 g/mol. The number of aliphatic hydroxyl groups is 1. The lowest BCUT2D eigenvalue weighted by Gasteiger charge is -2.27. The summed E-state index contributed by atoms with van der Waals surface area (Å²) in [6.07, 6.45) is -2.81. The molecule has 0 spiro atoms. The van der Waals surface area contributed by atoms with Crippen molar-refractivity contribution in [2.24, 2.45) is 0 Å². The maximum absolute atomic E-state index is 14.2. The van der Waals surface area contributed by atoms with Crippen molar-refractivity contribution in [1.82, 2.24) is 0 Å². The zero-order chi connectivity index (χ0) is 33.8. The number of rotatable bonds is 18. The maximum Gasteiger partial charge on any atom is 0.475 e. The summed E-state index contributed by atoms with van der Waals surface area (Å²) in [5.74, 6) is -0.0663. The van der Waals surface area contributed by atoms with Gasteiger partial charge in [0.2, 0.25) is 5.76 Å². The average Bonchev–Trinajstić information content (AvgIpc) is 3.45. The Kier molecular flexibility index (Phi) is 12.3. The van der Waals surface area contributed by atoms with Gasteiger partial charge in [0.05, 0.1) is 34.0 Å². The predicted molar refractivity (Wildman–Crippen MR) is 174 cm³/mol. The Morgan fingerprint density at radius 1 is 0.688 bits per heavy atom. The van der Waals surface area contributed by atoms with Crippen LogP contribution in [0.25, 0.3) is 0 Å². The summed E-state index contributed by atoms with van der Waals surface area (Å²) < 4.78 is 60.2. The third kappa shape index (κ3) is 9.03. The molecular weight excluding hydrogens is 639 g/mol. The zero-order valence-electron chi connectivity index (χ0n) is 26.6. The van der Waals surface area contributed by atoms with Crippen molar-refractivity contribution < 1.29 is 51.7 Å². The number of para-hydroxylation sites is 2. The van der Waals surface area contributed by atoms with Crippen LogP contribution in [-0.2, 0) is 63.6 Å². The minimum Gasteiger partial charge on any atom is -0.496 e. The van der Waals surface area contributed by atoms with Gasteiger partial charge in [-0.05, 0) is 23.3 Å². The van der Waals surface area contributed by atoms with Gasteiger partial charge in [-0.15, -0.1) is 0 Å². The first-order valence-corrected chi connectivity index (χ1v) is 16.6. The number of aliphatic hydroxyl groups excluding tert-OH is 1. The van der Waals surface area contributed by atoms with Crippen LogP contribution in [-0.4, -0.2) is 44.1 Å². The molecule has 11 nitrogen and oxygen atoms in total. The second kappa shape index (κ2) is 17.0. The highest BCUT2D eigenvalue weighted by Gasteiger charge is 2.46. The van der Waals surface area contributed by atoms with E-state index < -0.39 is 32.6 Å². The minimum absolute atomic E-state index is 0.0567. The number of hydrogen-bond acceptors (Lipinski definition) is 11. The van der Waals surface area contributed by atoms with E-state index in [-0.39, 0.29) is 37.9 Å². The fourth-order valence-electron chi connectivity index (χ4n) is 4.83. The molecule has 1 N–H and O–H groups in total. The first kappa shape index (κ1) is 34.7. The Morgan fingerprint density at radius 2 is 1.17 bits per heavy atom. The Labute approximate surface area is 279 Å². The number of phosphoric acid groups is 1. The first-order valence-electron chi connectivity index (χ1n) is 15.1. The van der Waals surface area contributed by atoms with Crippen LogP contribution in [0.2, 0.25) is 0 Å². The molecule has 0 radical (unpaired) electrons. The lowest BCUT2D eigenvalue weighted by molar-refractivity contribution is -0.148. The molecule has 4 aromatic rings. The smallest absolute Gasteiger partial charge is 0.475 e. The third-order valence-electron chi connectivity index (χ3n) is 7.29. The molecule has 252 valence electrons. The molecule has 1 aliphatic heterocycles. The van der Waals surface area contributed by atoms with Crippen LogP contribution in [0.5, 0.6) is 11.5 Å². The summed E-state index contributed by atoms with van der Waals surface area (Å²) in [5.41, 5.74) is 2.76. The fourth-order valence-corrected chi connectivity index (χ4v) is 6.15. The zero-order valence-corrected chi connectivity index (χ0v) is 27.5. The lowest BCUT2D eigenvalue weighted by Crippen LogP contribution is -2.35. The van der Waals surface area contributed by atoms with E-state index in [0.29, 0.717) is 33.8 Å². The van der Waals surface area contributed by atoms with Gasteiger partial charge in [0.1, 0.15) is 30.8 Å². The number of cyclic esters (lactones) is 1. The molecule has 0 fully saturated rings. The van der Waals surface area contributed by atoms with Gasteiger partial charge in [0.25, 0.3) is 0 Å². The van der Waals surface area contributed by atoms with Gasteiger partial charge in [-0.1, -0.05) is 97.1 Å². The van der Waals surface area contributed by atoms with Crippen LogP contribution >= 0.6 is 7.82 Å². The van der Waals surface area contributed by atoms with Gasteiger partial charge in [-0.2, -0.15) is 0 Å². The van der Waals surface area contributed by atoms with Gasteiger partial charge < -0.3 is 28.8 Å². The molecule has 1 heterocycles. The molecule has 4 aromatic carbocycles. The van der Waals surface area contributed by atoms with Gasteiger partial charge in [-0.25, -0.2) is 9.36 Å². The summed E-state index contributed by atoms with van der Waals surface area (Å²) in [7, 11) is -1.35. The molecule has 0 unspecified atom stereocenters. The standard InChI is InChI=1S/C36H37O11P/c1-40-30-19-11-9-17-28(30)24-42-34-33(46-36(38)35(34)43-25-29-18-10-12-20-31(29)41-2)32(21-37)47-48(39,44-22-26-13-5-3-6-14-26)45-23-27-15-7-4-8-16-27/h3-20,32-33,37H,21-25H2,1-2H3/t32-,33+/m0/s1. The summed E-state index contributed by atoms with van der Waals surface area (Å²) in [6.45, 7) is -1.09. The summed E-state index contributed by atoms with van der Waals surface area (Å²) >= 11 is 0. The summed E-state index contributed by atoms with van der Waals surface area (Å²) in [5, 5.41) is 10.6. The number of carbonyl (C=O) groups is 1. The number of hydrogen-bond donors (Lipinski definition) is 1. The molecule has 5 rings (SSSR count). The van der Waals surface area contributed by atoms with Gasteiger partial charge in [0.15, 0.2) is 11.9 Å². The molecule has 0 aliphatic carbocycles. The monoisotopic (exact) mass is 676 g/mol. The Morgan fingerprint density at radius 3 is 1.67 bits per heavy atom. The van der Waals surface area contributed by atoms with Crippen LogP contribution < -0.4 is 9.47 Å². The molecule has 1 aliphatic rings. The van der Waals surface area contributed by atoms with E-state index in [0.717, 1.165) is 0 Å². The third-order valence-corrected chi connectivity index (χ3v) is 8.71. The van der Waals surface area contributed by atoms with E-state index in [1.807, 2.05) is 60.7 Å². The Balaban J connectivity index is 1.43. The minimum atomic E-state index is -4.41. The Bertz CT molecular complexity index is 1660. The number of methoxy groups -OCH3 is 2. The van der Waals surface area contributed by atoms with E-state index in [1.165, 1.54) is 14.2 Å². The van der Waals surface area contributed by atoms with Crippen molar-refractivity contribution in [3.05, 3.63) is 143 Å². The van der Waals surface area contributed by atoms with E-state index in [9.17, 15) is 14.5 Å². The van der Waals surface area contributed by atoms with Crippen molar-refractivity contribution >= 4 is 13.8 Å². The predicted octanol–water partition coefficient (Wildman–Crippen LogP) is 6.49. The van der Waals surface area contributed by atoms with Gasteiger partial charge in [-0.3, -0.25) is 13.6 Å². The van der Waals surface area contributed by atoms with Crippen LogP contribution in [0.1, 0.15) is 22.3 Å². The molecular formula is C36H37O11P. The van der Waals surface area contributed by atoms with Crippen LogP contribution in [0.4, 0.5) is 0 Å². The molecule has 0 amide bonds. The van der Waals surface area contributed by atoms with Crippen molar-refractivity contribution in [3.8, 4) is 11.5 Å². The lowest BCUT2D eigenvalue weighted by atomic mass is 10.1. The van der Waals surface area contributed by atoms with E-state index in [4.69, 9.17) is 37.3 Å². The second-order valence-corrected chi connectivity index (χ2v) is 12.1. The highest BCUT2D eigenvalue weighted by Crippen LogP contribution is 2.53. The molecule has 0 bridgehead atoms. The quantitative estimate of drug-likeness (QED) is 0.0917. The second-order valence-electron chi connectivity index (χ2n) is 10.5. The number of ether oxygens (including phenoxy) is 5. The topological polar surface area (TPSA) is 128 Å². The van der Waals surface area contributed by atoms with Crippen LogP contribution in [0.15, 0.2) is 121 Å². The van der Waals surface area contributed by atoms with Crippen molar-refractivity contribution in [2.45, 2.75) is 38.6 Å². The van der Waals surface area contributed by atoms with Crippen molar-refractivity contribution in [3.63, 3.8) is 0 Å². The van der Waals surface area contributed by atoms with E-state index >= 15 is 0 Å². The summed E-state index contributed by atoms with van der Waals surface area (Å²) in [4.78, 5) is 13.3. The Hall–Kier alpha value is -4.64. The van der Waals surface area contributed by atoms with E-state index in [2.05, 4.69) is 0 Å². The van der Waals surface area contributed by atoms with E-state index in [1.54, 1.807) is 48.5 Å². The SMILES string of the molecule is COc1ccccc1COC1=C(OCc2ccccc2OC)[C@@H]([C@H](CO)OP(=O)(OCc2ccccc2)OCc2ccccc2)OC1=O. The van der Waals surface area contributed by atoms with Gasteiger partial charge in [0, 0.05) is 11.1 Å². The fraction of sp³-hybridized carbons (Fsp3) is 0.250. The van der Waals surface area contributed by atoms with Crippen molar-refractivity contribution in [1.29, 1.82) is 0 Å². The number of phosphoric ester groups is 1. The summed E-state index contributed by atoms with van der Waals surface area (Å²) in [6, 6.07) is 32.5. The molecule has 12 heteroatoms. The van der Waals surface area contributed by atoms with Crippen LogP contribution in [0.3, 0.4) is 0 Å². The largest absolute Gasteiger partial charge is 0.496 e. The molecule has 0 saturated heterocycles. The highest BCUT2D eigenvalue weighted by molar-refractivity contribution is 7.48. The number of benzene rings is 4. The molecule has 2 atom stereocenters. The molecule has 48 heavy (non-hydrogen) atoms. The molecule has 0 saturated carbocycles. The number of carbonyl (C=O) groups excluding carboxylic acids is 1. The van der Waals surface area contributed by atoms with Gasteiger partial charge >= 0.3 is 13.8 Å². The molecule has 0 aromatic heterocycles.